The zero-order valence-electron chi connectivity index (χ0n) is 35.0. The molecule has 3 atom stereocenters. The number of sulfonamides is 1. The molecule has 60 heavy (non-hydrogen) atoms. The molecule has 0 bridgehead atoms. The molecule has 0 unspecified atom stereocenters. The van der Waals surface area contributed by atoms with E-state index in [1.54, 1.807) is 50.6 Å². The maximum absolute atomic E-state index is 14.3. The highest BCUT2D eigenvalue weighted by atomic mass is 32.2. The van der Waals surface area contributed by atoms with E-state index in [2.05, 4.69) is 11.0 Å². The summed E-state index contributed by atoms with van der Waals surface area (Å²) < 4.78 is 96.8. The first-order valence-electron chi connectivity index (χ1n) is 20.4. The Balaban J connectivity index is 1.26. The first kappa shape index (κ1) is 45.6. The Kier molecular flexibility index (Phi) is 16.5. The zero-order valence-corrected chi connectivity index (χ0v) is 36.6. The third kappa shape index (κ3) is 12.1. The van der Waals surface area contributed by atoms with E-state index in [-0.39, 0.29) is 55.0 Å². The quantitative estimate of drug-likeness (QED) is 0.0652. The Labute approximate surface area is 355 Å². The Morgan fingerprint density at radius 1 is 0.667 bits per heavy atom. The molecule has 1 saturated heterocycles. The lowest BCUT2D eigenvalue weighted by Crippen LogP contribution is -2.54. The number of rotatable bonds is 22. The summed E-state index contributed by atoms with van der Waals surface area (Å²) in [6.07, 6.45) is -0.161. The van der Waals surface area contributed by atoms with Crippen LogP contribution in [0.15, 0.2) is 101 Å². The molecule has 13 nitrogen and oxygen atoms in total. The predicted molar refractivity (Wildman–Crippen MR) is 229 cm³/mol. The van der Waals surface area contributed by atoms with E-state index in [1.807, 2.05) is 50.2 Å². The van der Waals surface area contributed by atoms with Gasteiger partial charge in [0.1, 0.15) is 12.4 Å². The lowest BCUT2D eigenvalue weighted by Gasteiger charge is -2.43. The number of piperidine rings is 1. The van der Waals surface area contributed by atoms with Crippen LogP contribution in [0.3, 0.4) is 0 Å². The SMILES string of the molecule is COCCCN1CCOc2ccc(CO[C@H]3CN(S(=O)(=O)c4ccc(C)cc4)C[C@@H](OCCCOS(=O)(=O)c4ccc(C)cc4)[C@@H]3c3ccc(COCCOC)cc3)cc21. The number of fused-ring (bicyclic) bond motifs is 1. The minimum Gasteiger partial charge on any atom is -0.490 e. The molecule has 4 aromatic rings. The molecule has 0 amide bonds. The van der Waals surface area contributed by atoms with Gasteiger partial charge in [0.25, 0.3) is 10.1 Å². The van der Waals surface area contributed by atoms with Crippen LogP contribution in [0.4, 0.5) is 5.69 Å². The fourth-order valence-corrected chi connectivity index (χ4v) is 9.79. The maximum Gasteiger partial charge on any atom is 0.296 e. The summed E-state index contributed by atoms with van der Waals surface area (Å²) in [5.74, 6) is 0.422. The van der Waals surface area contributed by atoms with Crippen molar-refractivity contribution in [2.45, 2.75) is 67.8 Å². The average molecular weight is 867 g/mol. The summed E-state index contributed by atoms with van der Waals surface area (Å²) >= 11 is 0. The molecule has 1 fully saturated rings. The Morgan fingerprint density at radius 2 is 1.32 bits per heavy atom. The van der Waals surface area contributed by atoms with E-state index < -0.39 is 32.3 Å². The molecule has 326 valence electrons. The number of anilines is 1. The van der Waals surface area contributed by atoms with Gasteiger partial charge in [-0.15, -0.1) is 0 Å². The summed E-state index contributed by atoms with van der Waals surface area (Å²) in [6, 6.07) is 27.3. The molecule has 2 heterocycles. The van der Waals surface area contributed by atoms with Crippen LogP contribution in [0, 0.1) is 13.8 Å². The molecule has 0 radical (unpaired) electrons. The van der Waals surface area contributed by atoms with Gasteiger partial charge < -0.3 is 33.3 Å². The molecule has 4 aromatic carbocycles. The molecule has 2 aliphatic heterocycles. The molecule has 0 aromatic heterocycles. The number of benzene rings is 4. The van der Waals surface area contributed by atoms with Crippen molar-refractivity contribution in [1.82, 2.24) is 4.31 Å². The van der Waals surface area contributed by atoms with Crippen molar-refractivity contribution in [1.29, 1.82) is 0 Å². The smallest absolute Gasteiger partial charge is 0.296 e. The predicted octanol–water partition coefficient (Wildman–Crippen LogP) is 6.26. The van der Waals surface area contributed by atoms with Gasteiger partial charge >= 0.3 is 0 Å². The molecule has 0 N–H and O–H groups in total. The highest BCUT2D eigenvalue weighted by molar-refractivity contribution is 7.89. The number of ether oxygens (including phenoxy) is 6. The maximum atomic E-state index is 14.3. The molecule has 2 aliphatic rings. The topological polar surface area (TPSA) is 139 Å². The normalized spacial score (nSPS) is 18.6. The van der Waals surface area contributed by atoms with Crippen LogP contribution in [0.1, 0.15) is 46.6 Å². The number of hydrogen-bond donors (Lipinski definition) is 0. The van der Waals surface area contributed by atoms with Gasteiger partial charge in [-0.2, -0.15) is 12.7 Å². The highest BCUT2D eigenvalue weighted by Gasteiger charge is 2.43. The fraction of sp³-hybridized carbons (Fsp3) is 0.467. The minimum atomic E-state index is -3.97. The van der Waals surface area contributed by atoms with Gasteiger partial charge in [0, 0.05) is 53.0 Å². The second-order valence-corrected chi connectivity index (χ2v) is 18.7. The molecule has 0 saturated carbocycles. The van der Waals surface area contributed by atoms with Crippen molar-refractivity contribution >= 4 is 25.8 Å². The van der Waals surface area contributed by atoms with E-state index >= 15 is 0 Å². The number of aryl methyl sites for hydroxylation is 2. The monoisotopic (exact) mass is 866 g/mol. The standard InChI is InChI=1S/C45H58N2O11S2/c1-34-7-16-39(17-8-34)59(48,49)47-30-43(55-24-6-25-58-60(50,51)40-18-9-35(2)10-19-40)45(38-14-11-36(12-15-38)32-54-28-27-53-4)44(31-47)57-33-37-13-20-42-41(29-37)46(22-26-56-42)21-5-23-52-3/h7-20,29,43-45H,5-6,21-28,30-33H2,1-4H3/t43-,44+,45+/m1/s1. The molecule has 6 rings (SSSR count). The Hall–Kier alpha value is -3.90. The van der Waals surface area contributed by atoms with Crippen molar-refractivity contribution in [3.8, 4) is 5.75 Å². The van der Waals surface area contributed by atoms with E-state index in [4.69, 9.17) is 32.6 Å². The Morgan fingerprint density at radius 3 is 2.00 bits per heavy atom. The van der Waals surface area contributed by atoms with Gasteiger partial charge in [-0.05, 0) is 79.8 Å². The number of methoxy groups -OCH3 is 2. The second kappa shape index (κ2) is 21.8. The van der Waals surface area contributed by atoms with Gasteiger partial charge in [-0.3, -0.25) is 4.18 Å². The lowest BCUT2D eigenvalue weighted by atomic mass is 9.85. The number of hydrogen-bond acceptors (Lipinski definition) is 12. The van der Waals surface area contributed by atoms with E-state index in [9.17, 15) is 16.8 Å². The lowest BCUT2D eigenvalue weighted by molar-refractivity contribution is -0.0799. The summed E-state index contributed by atoms with van der Waals surface area (Å²) in [5.41, 5.74) is 5.68. The van der Waals surface area contributed by atoms with Gasteiger partial charge in [-0.1, -0.05) is 65.7 Å². The third-order valence-corrected chi connectivity index (χ3v) is 13.9. The van der Waals surface area contributed by atoms with Crippen LogP contribution in [-0.4, -0.2) is 113 Å². The second-order valence-electron chi connectivity index (χ2n) is 15.1. The molecular formula is C45H58N2O11S2. The van der Waals surface area contributed by atoms with Crippen molar-refractivity contribution < 1.29 is 49.4 Å². The van der Waals surface area contributed by atoms with E-state index in [0.717, 1.165) is 58.8 Å². The van der Waals surface area contributed by atoms with E-state index in [0.29, 0.717) is 33.0 Å². The van der Waals surface area contributed by atoms with Gasteiger partial charge in [-0.25, -0.2) is 8.42 Å². The molecule has 0 aliphatic carbocycles. The highest BCUT2D eigenvalue weighted by Crippen LogP contribution is 2.37. The first-order valence-corrected chi connectivity index (χ1v) is 23.2. The third-order valence-electron chi connectivity index (χ3n) is 10.7. The van der Waals surface area contributed by atoms with Crippen molar-refractivity contribution in [3.63, 3.8) is 0 Å². The van der Waals surface area contributed by atoms with Crippen LogP contribution in [0.5, 0.6) is 5.75 Å². The van der Waals surface area contributed by atoms with Crippen LogP contribution < -0.4 is 9.64 Å². The largest absolute Gasteiger partial charge is 0.490 e. The van der Waals surface area contributed by atoms with Gasteiger partial charge in [0.2, 0.25) is 10.0 Å². The Bertz CT molecular complexity index is 2170. The first-order chi connectivity index (χ1) is 29.0. The van der Waals surface area contributed by atoms with Crippen LogP contribution in [-0.2, 0) is 61.2 Å². The van der Waals surface area contributed by atoms with Crippen LogP contribution in [0.25, 0.3) is 0 Å². The van der Waals surface area contributed by atoms with Crippen LogP contribution >= 0.6 is 0 Å². The summed E-state index contributed by atoms with van der Waals surface area (Å²) in [5, 5.41) is 0. The molecular weight excluding hydrogens is 809 g/mol. The van der Waals surface area contributed by atoms with Crippen molar-refractivity contribution in [3.05, 3.63) is 119 Å². The average Bonchev–Trinajstić information content (AvgIpc) is 3.25. The van der Waals surface area contributed by atoms with E-state index in [1.165, 1.54) is 16.4 Å². The summed E-state index contributed by atoms with van der Waals surface area (Å²) in [6.45, 7) is 8.34. The zero-order chi connectivity index (χ0) is 42.5. The van der Waals surface area contributed by atoms with Crippen molar-refractivity contribution in [2.24, 2.45) is 0 Å². The number of nitrogens with zero attached hydrogens (tertiary/aromatic N) is 2. The van der Waals surface area contributed by atoms with Crippen molar-refractivity contribution in [2.75, 3.05) is 84.9 Å². The van der Waals surface area contributed by atoms with Gasteiger partial charge in [0.05, 0.1) is 67.3 Å². The molecule has 15 heteroatoms. The summed E-state index contributed by atoms with van der Waals surface area (Å²) in [7, 11) is -4.60. The fourth-order valence-electron chi connectivity index (χ4n) is 7.39. The van der Waals surface area contributed by atoms with Crippen LogP contribution in [0.2, 0.25) is 0 Å². The minimum absolute atomic E-state index is 0.0533. The van der Waals surface area contributed by atoms with Gasteiger partial charge in [0.15, 0.2) is 0 Å². The molecule has 0 spiro atoms. The summed E-state index contributed by atoms with van der Waals surface area (Å²) in [4.78, 5) is 2.55.